The molecule has 0 amide bonds. The molecule has 0 radical (unpaired) electrons. The summed E-state index contributed by atoms with van der Waals surface area (Å²) in [6.45, 7) is 3.21. The summed E-state index contributed by atoms with van der Waals surface area (Å²) in [6, 6.07) is 0.366. The van der Waals surface area contributed by atoms with Crippen LogP contribution in [-0.2, 0) is 0 Å². The Labute approximate surface area is 82.3 Å². The predicted octanol–water partition coefficient (Wildman–Crippen LogP) is 1.52. The van der Waals surface area contributed by atoms with Gasteiger partial charge < -0.3 is 10.6 Å². The van der Waals surface area contributed by atoms with Crippen molar-refractivity contribution in [2.45, 2.75) is 25.8 Å². The molecule has 0 heterocycles. The van der Waals surface area contributed by atoms with E-state index in [4.69, 9.17) is 5.73 Å². The second-order valence-corrected chi connectivity index (χ2v) is 2.92. The molecule has 0 saturated heterocycles. The molecule has 0 fully saturated rings. The molecule has 2 N–H and O–H groups in total. The molecule has 0 aliphatic heterocycles. The van der Waals surface area contributed by atoms with E-state index >= 15 is 0 Å². The minimum Gasteiger partial charge on any atom is -0.328 e. The third-order valence-electron chi connectivity index (χ3n) is 1.26. The van der Waals surface area contributed by atoms with Crippen LogP contribution < -0.4 is 5.73 Å². The number of halogens is 2. The Bertz CT molecular complexity index is 59.5. The fourth-order valence-electron chi connectivity index (χ4n) is 0.729. The molecule has 0 spiro atoms. The van der Waals surface area contributed by atoms with Gasteiger partial charge in [0, 0.05) is 6.04 Å². The summed E-state index contributed by atoms with van der Waals surface area (Å²) in [5.74, 6) is 0. The second kappa shape index (κ2) is 10.5. The Morgan fingerprint density at radius 3 is 2.00 bits per heavy atom. The van der Waals surface area contributed by atoms with E-state index in [2.05, 4.69) is 25.9 Å². The molecule has 0 aromatic carbocycles. The monoisotopic (exact) mass is 202 g/mol. The maximum Gasteiger partial charge on any atom is 0.00109 e. The van der Waals surface area contributed by atoms with E-state index in [-0.39, 0.29) is 24.8 Å². The van der Waals surface area contributed by atoms with Crippen molar-refractivity contribution in [1.82, 2.24) is 4.90 Å². The highest BCUT2D eigenvalue weighted by Gasteiger charge is 1.93. The van der Waals surface area contributed by atoms with Crippen LogP contribution in [0.3, 0.4) is 0 Å². The van der Waals surface area contributed by atoms with Crippen molar-refractivity contribution in [2.75, 3.05) is 20.6 Å². The van der Waals surface area contributed by atoms with Crippen molar-refractivity contribution in [1.29, 1.82) is 0 Å². The predicted molar refractivity (Wildman–Crippen MR) is 55.9 cm³/mol. The molecule has 0 aliphatic carbocycles. The van der Waals surface area contributed by atoms with Crippen LogP contribution in [0.1, 0.15) is 19.8 Å². The highest BCUT2D eigenvalue weighted by molar-refractivity contribution is 5.85. The smallest absolute Gasteiger partial charge is 0.00109 e. The highest BCUT2D eigenvalue weighted by atomic mass is 35.5. The van der Waals surface area contributed by atoms with E-state index in [1.54, 1.807) is 0 Å². The third-order valence-corrected chi connectivity index (χ3v) is 1.26. The van der Waals surface area contributed by atoms with Gasteiger partial charge in [-0.05, 0) is 40.4 Å². The lowest BCUT2D eigenvalue weighted by atomic mass is 10.2. The van der Waals surface area contributed by atoms with E-state index in [9.17, 15) is 0 Å². The first-order chi connectivity index (χ1) is 4.13. The van der Waals surface area contributed by atoms with Crippen LogP contribution in [0.2, 0.25) is 0 Å². The van der Waals surface area contributed by atoms with Crippen LogP contribution in [0.25, 0.3) is 0 Å². The molecular weight excluding hydrogens is 183 g/mol. The van der Waals surface area contributed by atoms with Crippen LogP contribution in [0.5, 0.6) is 0 Å². The number of hydrogen-bond acceptors (Lipinski definition) is 2. The van der Waals surface area contributed by atoms with Gasteiger partial charge in [-0.15, -0.1) is 24.8 Å². The Hall–Kier alpha value is 0.500. The van der Waals surface area contributed by atoms with Crippen molar-refractivity contribution in [2.24, 2.45) is 5.73 Å². The normalized spacial score (nSPS) is 11.7. The molecular formula is C7H20Cl2N2. The zero-order chi connectivity index (χ0) is 7.28. The number of nitrogens with two attached hydrogens (primary N) is 1. The van der Waals surface area contributed by atoms with Crippen molar-refractivity contribution in [3.05, 3.63) is 0 Å². The lowest BCUT2D eigenvalue weighted by Gasteiger charge is -2.09. The zero-order valence-electron chi connectivity index (χ0n) is 7.54. The van der Waals surface area contributed by atoms with Crippen LogP contribution >= 0.6 is 24.8 Å². The van der Waals surface area contributed by atoms with Crippen molar-refractivity contribution in [3.8, 4) is 0 Å². The first kappa shape index (κ1) is 17.5. The van der Waals surface area contributed by atoms with Gasteiger partial charge in [0.1, 0.15) is 0 Å². The quantitative estimate of drug-likeness (QED) is 0.750. The number of rotatable bonds is 4. The SMILES string of the molecule is CC(N)CCCN(C)C.Cl.Cl. The number of nitrogens with zero attached hydrogens (tertiary/aromatic N) is 1. The van der Waals surface area contributed by atoms with E-state index in [0.29, 0.717) is 6.04 Å². The van der Waals surface area contributed by atoms with Crippen LogP contribution in [0.15, 0.2) is 0 Å². The Kier molecular flexibility index (Phi) is 16.8. The van der Waals surface area contributed by atoms with Crippen LogP contribution in [-0.4, -0.2) is 31.6 Å². The summed E-state index contributed by atoms with van der Waals surface area (Å²) in [7, 11) is 4.17. The van der Waals surface area contributed by atoms with E-state index in [1.807, 2.05) is 0 Å². The average molecular weight is 203 g/mol. The molecule has 1 atom stereocenters. The fourth-order valence-corrected chi connectivity index (χ4v) is 0.729. The van der Waals surface area contributed by atoms with Gasteiger partial charge in [-0.3, -0.25) is 0 Å². The van der Waals surface area contributed by atoms with E-state index in [1.165, 1.54) is 6.42 Å². The molecule has 4 heteroatoms. The second-order valence-electron chi connectivity index (χ2n) is 2.92. The largest absolute Gasteiger partial charge is 0.328 e. The average Bonchev–Trinajstić information content (AvgIpc) is 1.63. The van der Waals surface area contributed by atoms with Gasteiger partial charge in [-0.1, -0.05) is 0 Å². The maximum atomic E-state index is 5.56. The lowest BCUT2D eigenvalue weighted by Crippen LogP contribution is -2.19. The molecule has 0 saturated carbocycles. The summed E-state index contributed by atoms with van der Waals surface area (Å²) in [6.07, 6.45) is 2.35. The fraction of sp³-hybridized carbons (Fsp3) is 1.00. The molecule has 2 nitrogen and oxygen atoms in total. The molecule has 0 aromatic heterocycles. The van der Waals surface area contributed by atoms with Gasteiger partial charge in [-0.2, -0.15) is 0 Å². The maximum absolute atomic E-state index is 5.56. The standard InChI is InChI=1S/C7H18N2.2ClH/c1-7(8)5-4-6-9(2)3;;/h7H,4-6,8H2,1-3H3;2*1H. The van der Waals surface area contributed by atoms with Crippen LogP contribution in [0, 0.1) is 0 Å². The lowest BCUT2D eigenvalue weighted by molar-refractivity contribution is 0.387. The number of hydrogen-bond donors (Lipinski definition) is 1. The van der Waals surface area contributed by atoms with Gasteiger partial charge in [0.25, 0.3) is 0 Å². The van der Waals surface area contributed by atoms with Gasteiger partial charge in [0.15, 0.2) is 0 Å². The summed E-state index contributed by atoms with van der Waals surface area (Å²) in [5, 5.41) is 0. The zero-order valence-corrected chi connectivity index (χ0v) is 9.17. The first-order valence-electron chi connectivity index (χ1n) is 3.53. The summed E-state index contributed by atoms with van der Waals surface area (Å²) >= 11 is 0. The van der Waals surface area contributed by atoms with Crippen molar-refractivity contribution >= 4 is 24.8 Å². The minimum atomic E-state index is 0. The van der Waals surface area contributed by atoms with Gasteiger partial charge >= 0.3 is 0 Å². The Balaban J connectivity index is -0.000000320. The summed E-state index contributed by atoms with van der Waals surface area (Å²) in [5.41, 5.74) is 5.56. The third kappa shape index (κ3) is 18.0. The molecule has 0 aliphatic rings. The molecule has 1 unspecified atom stereocenters. The first-order valence-corrected chi connectivity index (χ1v) is 3.53. The molecule has 0 aromatic rings. The van der Waals surface area contributed by atoms with Crippen molar-refractivity contribution in [3.63, 3.8) is 0 Å². The Morgan fingerprint density at radius 2 is 1.73 bits per heavy atom. The summed E-state index contributed by atoms with van der Waals surface area (Å²) < 4.78 is 0. The van der Waals surface area contributed by atoms with Crippen molar-refractivity contribution < 1.29 is 0 Å². The topological polar surface area (TPSA) is 29.3 Å². The summed E-state index contributed by atoms with van der Waals surface area (Å²) in [4.78, 5) is 2.18. The van der Waals surface area contributed by atoms with Gasteiger partial charge in [0.05, 0.1) is 0 Å². The van der Waals surface area contributed by atoms with Gasteiger partial charge in [-0.25, -0.2) is 0 Å². The highest BCUT2D eigenvalue weighted by Crippen LogP contribution is 1.93. The van der Waals surface area contributed by atoms with E-state index < -0.39 is 0 Å². The molecule has 72 valence electrons. The molecule has 11 heavy (non-hydrogen) atoms. The van der Waals surface area contributed by atoms with Gasteiger partial charge in [0.2, 0.25) is 0 Å². The molecule has 0 bridgehead atoms. The minimum absolute atomic E-state index is 0. The van der Waals surface area contributed by atoms with Crippen LogP contribution in [0.4, 0.5) is 0 Å². The molecule has 0 rings (SSSR count). The Morgan fingerprint density at radius 1 is 1.27 bits per heavy atom. The van der Waals surface area contributed by atoms with E-state index in [0.717, 1.165) is 13.0 Å².